The molecule has 1 aromatic rings. The van der Waals surface area contributed by atoms with E-state index in [-0.39, 0.29) is 23.8 Å². The van der Waals surface area contributed by atoms with E-state index in [1.807, 2.05) is 6.92 Å². The van der Waals surface area contributed by atoms with E-state index in [1.165, 1.54) is 0 Å². The fraction of sp³-hybridized carbons (Fsp3) is 0.667. The summed E-state index contributed by atoms with van der Waals surface area (Å²) in [5.41, 5.74) is 2.36. The third kappa shape index (κ3) is 5.03. The van der Waals surface area contributed by atoms with Crippen molar-refractivity contribution in [2.24, 2.45) is 11.8 Å². The van der Waals surface area contributed by atoms with E-state index in [9.17, 15) is 4.79 Å². The maximum absolute atomic E-state index is 11.5. The van der Waals surface area contributed by atoms with Gasteiger partial charge in [0.2, 0.25) is 17.8 Å². The highest BCUT2D eigenvalue weighted by Gasteiger charge is 2.28. The van der Waals surface area contributed by atoms with Gasteiger partial charge in [0.15, 0.2) is 0 Å². The summed E-state index contributed by atoms with van der Waals surface area (Å²) in [5, 5.41) is 5.85. The molecule has 1 amide bonds. The van der Waals surface area contributed by atoms with Crippen molar-refractivity contribution in [3.05, 3.63) is 0 Å². The van der Waals surface area contributed by atoms with Gasteiger partial charge in [0.05, 0.1) is 6.61 Å². The molecule has 1 aliphatic carbocycles. The van der Waals surface area contributed by atoms with Crippen molar-refractivity contribution in [3.63, 3.8) is 0 Å². The molecule has 1 aromatic heterocycles. The molecule has 0 bridgehead atoms. The van der Waals surface area contributed by atoms with Crippen LogP contribution in [0.1, 0.15) is 26.2 Å². The van der Waals surface area contributed by atoms with Crippen LogP contribution in [-0.2, 0) is 4.79 Å². The summed E-state index contributed by atoms with van der Waals surface area (Å²) in [6.07, 6.45) is 2.85. The molecule has 0 atom stereocenters. The number of ether oxygens (including phenoxy) is 1. The Bertz CT molecular complexity index is 479. The number of nitrogens with zero attached hydrogens (tertiary/aromatic N) is 3. The number of aromatic nitrogens is 3. The van der Waals surface area contributed by atoms with Crippen molar-refractivity contribution >= 4 is 17.8 Å². The standard InChI is InChI=1S/C12H21N7O2/c1-2-7-21-12-17-10(16-11(18-12)19-13)15-6-5-14-9(20)8-3-4-8/h8H,2-7,13H2,1H3,(H,14,20)(H2,15,16,17,18,19). The van der Waals surface area contributed by atoms with Crippen LogP contribution >= 0.6 is 0 Å². The first-order valence-corrected chi connectivity index (χ1v) is 7.10. The number of nitrogens with two attached hydrogens (primary N) is 1. The first-order valence-electron chi connectivity index (χ1n) is 7.10. The summed E-state index contributed by atoms with van der Waals surface area (Å²) in [6.45, 7) is 3.53. The van der Waals surface area contributed by atoms with E-state index in [2.05, 4.69) is 31.0 Å². The Morgan fingerprint density at radius 3 is 2.71 bits per heavy atom. The van der Waals surface area contributed by atoms with E-state index < -0.39 is 0 Å². The van der Waals surface area contributed by atoms with Crippen molar-refractivity contribution < 1.29 is 9.53 Å². The van der Waals surface area contributed by atoms with Gasteiger partial charge in [-0.05, 0) is 19.3 Å². The summed E-state index contributed by atoms with van der Waals surface area (Å²) in [7, 11) is 0. The molecule has 5 N–H and O–H groups in total. The minimum absolute atomic E-state index is 0.115. The number of carbonyl (C=O) groups is 1. The quantitative estimate of drug-likeness (QED) is 0.282. The van der Waals surface area contributed by atoms with Crippen LogP contribution in [0, 0.1) is 5.92 Å². The van der Waals surface area contributed by atoms with Crippen molar-refractivity contribution in [2.75, 3.05) is 30.4 Å². The largest absolute Gasteiger partial charge is 0.463 e. The van der Waals surface area contributed by atoms with Crippen molar-refractivity contribution in [1.29, 1.82) is 0 Å². The Balaban J connectivity index is 1.81. The smallest absolute Gasteiger partial charge is 0.323 e. The first kappa shape index (κ1) is 15.2. The van der Waals surface area contributed by atoms with Crippen LogP contribution in [-0.4, -0.2) is 40.6 Å². The van der Waals surface area contributed by atoms with Gasteiger partial charge in [0.25, 0.3) is 0 Å². The molecular formula is C12H21N7O2. The van der Waals surface area contributed by atoms with Crippen LogP contribution in [0.4, 0.5) is 11.9 Å². The van der Waals surface area contributed by atoms with Crippen LogP contribution in [0.25, 0.3) is 0 Å². The van der Waals surface area contributed by atoms with Gasteiger partial charge in [-0.25, -0.2) is 5.84 Å². The number of nitrogens with one attached hydrogen (secondary N) is 3. The molecule has 0 saturated heterocycles. The minimum atomic E-state index is 0.115. The lowest BCUT2D eigenvalue weighted by Gasteiger charge is -2.09. The average molecular weight is 295 g/mol. The van der Waals surface area contributed by atoms with Crippen molar-refractivity contribution in [1.82, 2.24) is 20.3 Å². The summed E-state index contributed by atoms with van der Waals surface area (Å²) in [6, 6.07) is 0.212. The second-order valence-electron chi connectivity index (χ2n) is 4.75. The van der Waals surface area contributed by atoms with Gasteiger partial charge in [-0.2, -0.15) is 15.0 Å². The Morgan fingerprint density at radius 2 is 2.05 bits per heavy atom. The number of anilines is 2. The molecule has 9 nitrogen and oxygen atoms in total. The van der Waals surface area contributed by atoms with E-state index in [0.29, 0.717) is 25.6 Å². The number of hydrazine groups is 1. The molecule has 9 heteroatoms. The maximum Gasteiger partial charge on any atom is 0.323 e. The topological polar surface area (TPSA) is 127 Å². The molecule has 116 valence electrons. The predicted molar refractivity (Wildman–Crippen MR) is 77.6 cm³/mol. The Hall–Kier alpha value is -2.16. The minimum Gasteiger partial charge on any atom is -0.463 e. The molecule has 0 aliphatic heterocycles. The second-order valence-corrected chi connectivity index (χ2v) is 4.75. The molecule has 1 aliphatic rings. The zero-order valence-corrected chi connectivity index (χ0v) is 12.1. The van der Waals surface area contributed by atoms with E-state index in [0.717, 1.165) is 19.3 Å². The van der Waals surface area contributed by atoms with Gasteiger partial charge < -0.3 is 15.4 Å². The lowest BCUT2D eigenvalue weighted by Crippen LogP contribution is -2.30. The van der Waals surface area contributed by atoms with Crippen LogP contribution < -0.4 is 26.6 Å². The molecule has 0 spiro atoms. The third-order valence-corrected chi connectivity index (χ3v) is 2.83. The summed E-state index contributed by atoms with van der Waals surface area (Å²) in [5.74, 6) is 6.21. The third-order valence-electron chi connectivity index (χ3n) is 2.83. The van der Waals surface area contributed by atoms with E-state index >= 15 is 0 Å². The second kappa shape index (κ2) is 7.58. The molecule has 2 rings (SSSR count). The fourth-order valence-electron chi connectivity index (χ4n) is 1.61. The van der Waals surface area contributed by atoms with Crippen LogP contribution in [0.3, 0.4) is 0 Å². The Kier molecular flexibility index (Phi) is 5.50. The van der Waals surface area contributed by atoms with E-state index in [1.54, 1.807) is 0 Å². The zero-order valence-electron chi connectivity index (χ0n) is 12.1. The number of amides is 1. The molecule has 0 unspecified atom stereocenters. The molecule has 0 radical (unpaired) electrons. The van der Waals surface area contributed by atoms with Gasteiger partial charge in [0.1, 0.15) is 0 Å². The maximum atomic E-state index is 11.5. The van der Waals surface area contributed by atoms with Gasteiger partial charge in [0, 0.05) is 19.0 Å². The van der Waals surface area contributed by atoms with Crippen LogP contribution in [0.15, 0.2) is 0 Å². The Labute approximate surface area is 123 Å². The van der Waals surface area contributed by atoms with Gasteiger partial charge >= 0.3 is 6.01 Å². The SMILES string of the molecule is CCCOc1nc(NN)nc(NCCNC(=O)C2CC2)n1. The summed E-state index contributed by atoms with van der Waals surface area (Å²) in [4.78, 5) is 23.6. The van der Waals surface area contributed by atoms with Gasteiger partial charge in [-0.15, -0.1) is 0 Å². The predicted octanol–water partition coefficient (Wildman–Crippen LogP) is -0.116. The fourth-order valence-corrected chi connectivity index (χ4v) is 1.61. The van der Waals surface area contributed by atoms with Gasteiger partial charge in [-0.3, -0.25) is 10.2 Å². The number of hydrogen-bond acceptors (Lipinski definition) is 8. The highest BCUT2D eigenvalue weighted by molar-refractivity contribution is 5.80. The van der Waals surface area contributed by atoms with E-state index in [4.69, 9.17) is 10.6 Å². The molecular weight excluding hydrogens is 274 g/mol. The zero-order chi connectivity index (χ0) is 15.1. The normalized spacial score (nSPS) is 13.6. The molecule has 1 saturated carbocycles. The highest BCUT2D eigenvalue weighted by atomic mass is 16.5. The summed E-state index contributed by atoms with van der Waals surface area (Å²) >= 11 is 0. The molecule has 0 aromatic carbocycles. The number of carbonyl (C=O) groups excluding carboxylic acids is 1. The average Bonchev–Trinajstić information content (AvgIpc) is 3.34. The lowest BCUT2D eigenvalue weighted by molar-refractivity contribution is -0.122. The highest BCUT2D eigenvalue weighted by Crippen LogP contribution is 2.28. The number of rotatable bonds is 9. The molecule has 1 fully saturated rings. The van der Waals surface area contributed by atoms with Gasteiger partial charge in [-0.1, -0.05) is 6.92 Å². The summed E-state index contributed by atoms with van der Waals surface area (Å²) < 4.78 is 5.36. The number of hydrogen-bond donors (Lipinski definition) is 4. The van der Waals surface area contributed by atoms with Crippen LogP contribution in [0.2, 0.25) is 0 Å². The van der Waals surface area contributed by atoms with Crippen LogP contribution in [0.5, 0.6) is 6.01 Å². The Morgan fingerprint density at radius 1 is 1.29 bits per heavy atom. The first-order chi connectivity index (χ1) is 10.2. The monoisotopic (exact) mass is 295 g/mol. The molecule has 1 heterocycles. The lowest BCUT2D eigenvalue weighted by atomic mass is 10.4. The van der Waals surface area contributed by atoms with Crippen molar-refractivity contribution in [2.45, 2.75) is 26.2 Å². The van der Waals surface area contributed by atoms with Crippen molar-refractivity contribution in [3.8, 4) is 6.01 Å². The molecule has 21 heavy (non-hydrogen) atoms. The number of nitrogen functional groups attached to an aromatic ring is 1.